The van der Waals surface area contributed by atoms with Crippen LogP contribution in [-0.4, -0.2) is 56.8 Å². The predicted octanol–water partition coefficient (Wildman–Crippen LogP) is 0.884. The minimum Gasteiger partial charge on any atom is -0.329 e. The molecule has 8 nitrogen and oxygen atoms in total. The number of amides is 1. The molecule has 2 aromatic heterocycles. The lowest BCUT2D eigenvalue weighted by molar-refractivity contribution is 0.0697. The Labute approximate surface area is 147 Å². The van der Waals surface area contributed by atoms with Gasteiger partial charge in [-0.05, 0) is 5.92 Å². The van der Waals surface area contributed by atoms with Gasteiger partial charge in [0.1, 0.15) is 0 Å². The maximum atomic E-state index is 13.0. The van der Waals surface area contributed by atoms with Gasteiger partial charge in [-0.2, -0.15) is 10.2 Å². The number of aryl methyl sites for hydroxylation is 1. The third-order valence-electron chi connectivity index (χ3n) is 4.23. The Morgan fingerprint density at radius 3 is 2.68 bits per heavy atom. The van der Waals surface area contributed by atoms with Gasteiger partial charge in [-0.25, -0.2) is 8.42 Å². The molecule has 0 spiro atoms. The van der Waals surface area contributed by atoms with E-state index in [1.54, 1.807) is 46.1 Å². The Morgan fingerprint density at radius 2 is 2.04 bits per heavy atom. The van der Waals surface area contributed by atoms with Gasteiger partial charge in [-0.1, -0.05) is 13.8 Å². The number of carbonyl (C=O) groups is 1. The number of aromatic nitrogens is 4. The Bertz CT molecular complexity index is 868. The van der Waals surface area contributed by atoms with Gasteiger partial charge in [0.25, 0.3) is 5.91 Å². The van der Waals surface area contributed by atoms with Crippen molar-refractivity contribution in [2.75, 3.05) is 18.1 Å². The summed E-state index contributed by atoms with van der Waals surface area (Å²) in [5.41, 5.74) is 1.21. The van der Waals surface area contributed by atoms with E-state index in [1.165, 1.54) is 0 Å². The lowest BCUT2D eigenvalue weighted by Crippen LogP contribution is -2.46. The average Bonchev–Trinajstić information content (AvgIpc) is 3.14. The van der Waals surface area contributed by atoms with E-state index >= 15 is 0 Å². The van der Waals surface area contributed by atoms with Crippen molar-refractivity contribution in [1.82, 2.24) is 24.5 Å². The maximum Gasteiger partial charge on any atom is 0.257 e. The van der Waals surface area contributed by atoms with Crippen molar-refractivity contribution in [2.45, 2.75) is 26.4 Å². The van der Waals surface area contributed by atoms with Gasteiger partial charge in [-0.3, -0.25) is 14.2 Å². The molecule has 1 fully saturated rings. The summed E-state index contributed by atoms with van der Waals surface area (Å²) >= 11 is 0. The molecule has 0 saturated carbocycles. The van der Waals surface area contributed by atoms with Gasteiger partial charge in [-0.15, -0.1) is 0 Å². The summed E-state index contributed by atoms with van der Waals surface area (Å²) in [5, 5.41) is 8.35. The quantitative estimate of drug-likeness (QED) is 0.802. The van der Waals surface area contributed by atoms with Crippen LogP contribution in [0, 0.1) is 5.92 Å². The lowest BCUT2D eigenvalue weighted by Gasteiger charge is -2.34. The summed E-state index contributed by atoms with van der Waals surface area (Å²) in [7, 11) is -1.42. The molecule has 2 aromatic rings. The average molecular weight is 365 g/mol. The monoisotopic (exact) mass is 365 g/mol. The third-order valence-corrected chi connectivity index (χ3v) is 5.86. The molecular weight excluding hydrogens is 342 g/mol. The number of nitrogens with zero attached hydrogens (tertiary/aromatic N) is 5. The van der Waals surface area contributed by atoms with Crippen LogP contribution in [0.25, 0.3) is 0 Å². The molecule has 0 radical (unpaired) electrons. The van der Waals surface area contributed by atoms with Crippen molar-refractivity contribution in [1.29, 1.82) is 0 Å². The van der Waals surface area contributed by atoms with E-state index in [1.807, 2.05) is 0 Å². The van der Waals surface area contributed by atoms with Crippen LogP contribution in [0.15, 0.2) is 24.8 Å². The van der Waals surface area contributed by atoms with Crippen molar-refractivity contribution < 1.29 is 13.2 Å². The zero-order valence-electron chi connectivity index (χ0n) is 14.7. The molecule has 1 saturated heterocycles. The molecule has 3 rings (SSSR count). The highest BCUT2D eigenvalue weighted by Gasteiger charge is 2.36. The fourth-order valence-electron chi connectivity index (χ4n) is 3.05. The number of hydrogen-bond acceptors (Lipinski definition) is 5. The van der Waals surface area contributed by atoms with E-state index in [2.05, 4.69) is 24.0 Å². The highest BCUT2D eigenvalue weighted by Crippen LogP contribution is 2.28. The fourth-order valence-corrected chi connectivity index (χ4v) is 4.55. The first kappa shape index (κ1) is 17.7. The van der Waals surface area contributed by atoms with E-state index in [0.29, 0.717) is 11.5 Å². The normalized spacial score (nSPS) is 20.2. The summed E-state index contributed by atoms with van der Waals surface area (Å²) in [6, 6.07) is -0.520. The lowest BCUT2D eigenvalue weighted by atomic mass is 10.1. The van der Waals surface area contributed by atoms with Crippen LogP contribution in [0.3, 0.4) is 0 Å². The summed E-state index contributed by atoms with van der Waals surface area (Å²) in [4.78, 5) is 14.6. The SMILES string of the molecule is CC(C)Cn1cc(C(=O)N2CCS(=O)(=O)C[C@H]2c2cnn(C)c2)cn1. The first-order valence-corrected chi connectivity index (χ1v) is 10.1. The number of rotatable bonds is 4. The van der Waals surface area contributed by atoms with Crippen LogP contribution in [0.5, 0.6) is 0 Å². The predicted molar refractivity (Wildman–Crippen MR) is 92.7 cm³/mol. The second-order valence-corrected chi connectivity index (χ2v) is 9.15. The van der Waals surface area contributed by atoms with Crippen LogP contribution in [0.2, 0.25) is 0 Å². The van der Waals surface area contributed by atoms with Crippen molar-refractivity contribution in [3.63, 3.8) is 0 Å². The van der Waals surface area contributed by atoms with Crippen molar-refractivity contribution in [3.8, 4) is 0 Å². The van der Waals surface area contributed by atoms with Crippen LogP contribution in [0.4, 0.5) is 0 Å². The zero-order chi connectivity index (χ0) is 18.2. The van der Waals surface area contributed by atoms with E-state index in [4.69, 9.17) is 0 Å². The van der Waals surface area contributed by atoms with Crippen molar-refractivity contribution in [3.05, 3.63) is 35.9 Å². The summed E-state index contributed by atoms with van der Waals surface area (Å²) in [6.07, 6.45) is 6.65. The Hall–Kier alpha value is -2.16. The molecule has 0 unspecified atom stereocenters. The van der Waals surface area contributed by atoms with Crippen LogP contribution in [-0.2, 0) is 23.4 Å². The molecule has 3 heterocycles. The van der Waals surface area contributed by atoms with E-state index in [0.717, 1.165) is 12.1 Å². The number of sulfone groups is 1. The molecule has 0 aromatic carbocycles. The van der Waals surface area contributed by atoms with Gasteiger partial charge in [0, 0.05) is 38.1 Å². The molecular formula is C16H23N5O3S. The topological polar surface area (TPSA) is 90.1 Å². The third kappa shape index (κ3) is 3.92. The smallest absolute Gasteiger partial charge is 0.257 e. The van der Waals surface area contributed by atoms with Crippen LogP contribution in [0.1, 0.15) is 35.8 Å². The van der Waals surface area contributed by atoms with E-state index in [-0.39, 0.29) is 24.0 Å². The van der Waals surface area contributed by atoms with Gasteiger partial charge in [0.05, 0.1) is 35.5 Å². The molecule has 1 aliphatic rings. The second-order valence-electron chi connectivity index (χ2n) is 6.92. The Kier molecular flexibility index (Phi) is 4.68. The van der Waals surface area contributed by atoms with E-state index < -0.39 is 15.9 Å². The standard InChI is InChI=1S/C16H23N5O3S/c1-12(2)8-20-10-14(7-18-20)16(22)21-4-5-25(23,24)11-15(21)13-6-17-19(3)9-13/h6-7,9-10,12,15H,4-5,8,11H2,1-3H3/t15-/m0/s1. The molecule has 1 amide bonds. The minimum absolute atomic E-state index is 0.0182. The first-order valence-electron chi connectivity index (χ1n) is 8.27. The molecule has 136 valence electrons. The first-order chi connectivity index (χ1) is 11.7. The molecule has 0 bridgehead atoms. The molecule has 1 aliphatic heterocycles. The molecule has 0 N–H and O–H groups in total. The van der Waals surface area contributed by atoms with E-state index in [9.17, 15) is 13.2 Å². The summed E-state index contributed by atoms with van der Waals surface area (Å²) in [5.74, 6) is 0.130. The molecule has 9 heteroatoms. The summed E-state index contributed by atoms with van der Waals surface area (Å²) < 4.78 is 27.5. The highest BCUT2D eigenvalue weighted by molar-refractivity contribution is 7.91. The summed E-state index contributed by atoms with van der Waals surface area (Å²) in [6.45, 7) is 5.07. The van der Waals surface area contributed by atoms with Crippen LogP contribution < -0.4 is 0 Å². The number of carbonyl (C=O) groups excluding carboxylic acids is 1. The Morgan fingerprint density at radius 1 is 1.28 bits per heavy atom. The van der Waals surface area contributed by atoms with Gasteiger partial charge in [0.15, 0.2) is 9.84 Å². The Balaban J connectivity index is 1.87. The minimum atomic E-state index is -3.18. The van der Waals surface area contributed by atoms with Gasteiger partial charge >= 0.3 is 0 Å². The zero-order valence-corrected chi connectivity index (χ0v) is 15.5. The second kappa shape index (κ2) is 6.62. The van der Waals surface area contributed by atoms with Crippen molar-refractivity contribution >= 4 is 15.7 Å². The molecule has 25 heavy (non-hydrogen) atoms. The van der Waals surface area contributed by atoms with Gasteiger partial charge < -0.3 is 4.90 Å². The maximum absolute atomic E-state index is 13.0. The number of hydrogen-bond donors (Lipinski definition) is 0. The largest absolute Gasteiger partial charge is 0.329 e. The highest BCUT2D eigenvalue weighted by atomic mass is 32.2. The van der Waals surface area contributed by atoms with Crippen molar-refractivity contribution in [2.24, 2.45) is 13.0 Å². The molecule has 1 atom stereocenters. The van der Waals surface area contributed by atoms with Crippen LogP contribution >= 0.6 is 0 Å². The van der Waals surface area contributed by atoms with Gasteiger partial charge in [0.2, 0.25) is 0 Å². The molecule has 0 aliphatic carbocycles. The fraction of sp³-hybridized carbons (Fsp3) is 0.562.